The maximum atomic E-state index is 13.6. The van der Waals surface area contributed by atoms with Gasteiger partial charge in [-0.3, -0.25) is 9.59 Å². The number of phenols is 1. The summed E-state index contributed by atoms with van der Waals surface area (Å²) in [5, 5.41) is 13.4. The Morgan fingerprint density at radius 1 is 0.972 bits per heavy atom. The molecule has 192 valence electrons. The molecule has 0 aliphatic rings. The number of hydrogen-bond donors (Lipinski definition) is 4. The zero-order chi connectivity index (χ0) is 26.6. The molecule has 0 saturated carbocycles. The van der Waals surface area contributed by atoms with E-state index in [1.165, 1.54) is 18.2 Å². The standard InChI is InChI=1S/C26H32N4O5S/c1-16(2)24(25(27)32)28-26(33)21(15-17-11-13-18(31)14-12-17)29-36(34,35)23-10-6-7-19-20(23)8-5-9-22(19)30(3)4/h5-14,16,21,24,29,31H,15H2,1-4H3,(H2,27,32)(H,28,33). The molecule has 3 aromatic carbocycles. The number of primary amides is 1. The summed E-state index contributed by atoms with van der Waals surface area (Å²) >= 11 is 0. The lowest BCUT2D eigenvalue weighted by Crippen LogP contribution is -2.55. The van der Waals surface area contributed by atoms with Gasteiger partial charge in [-0.15, -0.1) is 0 Å². The average Bonchev–Trinajstić information content (AvgIpc) is 2.81. The summed E-state index contributed by atoms with van der Waals surface area (Å²) in [7, 11) is -0.431. The Morgan fingerprint density at radius 2 is 1.58 bits per heavy atom. The number of hydrogen-bond acceptors (Lipinski definition) is 6. The van der Waals surface area contributed by atoms with Crippen LogP contribution in [0, 0.1) is 5.92 Å². The Labute approximate surface area is 211 Å². The molecule has 0 bridgehead atoms. The maximum absolute atomic E-state index is 13.6. The Balaban J connectivity index is 2.02. The minimum atomic E-state index is -4.17. The van der Waals surface area contributed by atoms with Gasteiger partial charge in [0.2, 0.25) is 21.8 Å². The van der Waals surface area contributed by atoms with E-state index in [9.17, 15) is 23.1 Å². The largest absolute Gasteiger partial charge is 0.508 e. The minimum Gasteiger partial charge on any atom is -0.508 e. The zero-order valence-electron chi connectivity index (χ0n) is 20.7. The van der Waals surface area contributed by atoms with Crippen LogP contribution in [0.3, 0.4) is 0 Å². The van der Waals surface area contributed by atoms with Gasteiger partial charge < -0.3 is 21.1 Å². The highest BCUT2D eigenvalue weighted by Crippen LogP contribution is 2.30. The van der Waals surface area contributed by atoms with Gasteiger partial charge in [0.25, 0.3) is 0 Å². The molecule has 0 radical (unpaired) electrons. The highest BCUT2D eigenvalue weighted by Gasteiger charge is 2.31. The number of aromatic hydroxyl groups is 1. The molecule has 10 heteroatoms. The van der Waals surface area contributed by atoms with Crippen LogP contribution in [0.4, 0.5) is 5.69 Å². The number of carbonyl (C=O) groups excluding carboxylic acids is 2. The fraction of sp³-hybridized carbons (Fsp3) is 0.308. The van der Waals surface area contributed by atoms with Gasteiger partial charge in [0.1, 0.15) is 17.8 Å². The van der Waals surface area contributed by atoms with Crippen molar-refractivity contribution in [1.82, 2.24) is 10.0 Å². The highest BCUT2D eigenvalue weighted by molar-refractivity contribution is 7.89. The summed E-state index contributed by atoms with van der Waals surface area (Å²) in [6.45, 7) is 3.46. The summed E-state index contributed by atoms with van der Waals surface area (Å²) in [5.74, 6) is -1.64. The number of carbonyl (C=O) groups is 2. The molecule has 5 N–H and O–H groups in total. The first kappa shape index (κ1) is 27.0. The van der Waals surface area contributed by atoms with E-state index in [1.54, 1.807) is 44.2 Å². The van der Waals surface area contributed by atoms with Crippen molar-refractivity contribution in [1.29, 1.82) is 0 Å². The number of rotatable bonds is 10. The Hall–Kier alpha value is -3.63. The molecule has 0 aliphatic heterocycles. The molecule has 0 heterocycles. The molecule has 36 heavy (non-hydrogen) atoms. The number of amides is 2. The van der Waals surface area contributed by atoms with Gasteiger partial charge in [0, 0.05) is 30.6 Å². The van der Waals surface area contributed by atoms with Crippen LogP contribution in [0.15, 0.2) is 65.6 Å². The number of nitrogens with zero attached hydrogens (tertiary/aromatic N) is 1. The number of sulfonamides is 1. The molecular weight excluding hydrogens is 480 g/mol. The van der Waals surface area contributed by atoms with E-state index in [4.69, 9.17) is 5.73 Å². The summed E-state index contributed by atoms with van der Waals surface area (Å²) in [6.07, 6.45) is -0.0113. The molecule has 0 spiro atoms. The third kappa shape index (κ3) is 6.13. The predicted octanol–water partition coefficient (Wildman–Crippen LogP) is 2.13. The molecule has 0 fully saturated rings. The van der Waals surface area contributed by atoms with Crippen molar-refractivity contribution in [3.8, 4) is 5.75 Å². The van der Waals surface area contributed by atoms with Crippen LogP contribution < -0.4 is 20.7 Å². The van der Waals surface area contributed by atoms with Crippen LogP contribution in [0.25, 0.3) is 10.8 Å². The van der Waals surface area contributed by atoms with Gasteiger partial charge >= 0.3 is 0 Å². The normalized spacial score (nSPS) is 13.4. The van der Waals surface area contributed by atoms with E-state index in [-0.39, 0.29) is 23.0 Å². The van der Waals surface area contributed by atoms with Gasteiger partial charge in [-0.2, -0.15) is 4.72 Å². The van der Waals surface area contributed by atoms with E-state index in [1.807, 2.05) is 31.1 Å². The van der Waals surface area contributed by atoms with Crippen molar-refractivity contribution >= 4 is 38.3 Å². The first-order valence-corrected chi connectivity index (χ1v) is 13.0. The van der Waals surface area contributed by atoms with Crippen molar-refractivity contribution in [2.75, 3.05) is 19.0 Å². The number of nitrogens with two attached hydrogens (primary N) is 1. The second-order valence-corrected chi connectivity index (χ2v) is 10.9. The van der Waals surface area contributed by atoms with Gasteiger partial charge in [-0.05, 0) is 42.2 Å². The van der Waals surface area contributed by atoms with Crippen LogP contribution in [0.5, 0.6) is 5.75 Å². The van der Waals surface area contributed by atoms with Crippen LogP contribution in [0.2, 0.25) is 0 Å². The van der Waals surface area contributed by atoms with Gasteiger partial charge in [-0.1, -0.05) is 50.2 Å². The molecule has 9 nitrogen and oxygen atoms in total. The van der Waals surface area contributed by atoms with Crippen molar-refractivity contribution in [3.63, 3.8) is 0 Å². The van der Waals surface area contributed by atoms with Gasteiger partial charge in [0.15, 0.2) is 0 Å². The van der Waals surface area contributed by atoms with Crippen LogP contribution >= 0.6 is 0 Å². The van der Waals surface area contributed by atoms with Crippen LogP contribution in [-0.2, 0) is 26.0 Å². The van der Waals surface area contributed by atoms with E-state index < -0.39 is 33.9 Å². The molecule has 2 amide bonds. The van der Waals surface area contributed by atoms with Crippen molar-refractivity contribution in [3.05, 3.63) is 66.2 Å². The number of phenolic OH excluding ortho intramolecular Hbond substituents is 1. The quantitative estimate of drug-likeness (QED) is 0.328. The van der Waals surface area contributed by atoms with Gasteiger partial charge in [-0.25, -0.2) is 8.42 Å². The summed E-state index contributed by atoms with van der Waals surface area (Å²) in [5.41, 5.74) is 6.92. The minimum absolute atomic E-state index is 0.0113. The fourth-order valence-corrected chi connectivity index (χ4v) is 5.43. The Morgan fingerprint density at radius 3 is 2.17 bits per heavy atom. The smallest absolute Gasteiger partial charge is 0.241 e. The molecular formula is C26H32N4O5S. The first-order chi connectivity index (χ1) is 16.9. The highest BCUT2D eigenvalue weighted by atomic mass is 32.2. The molecule has 0 aliphatic carbocycles. The Kier molecular flexibility index (Phi) is 8.21. The predicted molar refractivity (Wildman–Crippen MR) is 140 cm³/mol. The second kappa shape index (κ2) is 11.0. The SMILES string of the molecule is CC(C)C(NC(=O)C(Cc1ccc(O)cc1)NS(=O)(=O)c1cccc2c(N(C)C)cccc12)C(N)=O. The summed E-state index contributed by atoms with van der Waals surface area (Å²) < 4.78 is 29.7. The van der Waals surface area contributed by atoms with Gasteiger partial charge in [0.05, 0.1) is 4.90 Å². The first-order valence-electron chi connectivity index (χ1n) is 11.5. The van der Waals surface area contributed by atoms with E-state index in [0.717, 1.165) is 11.1 Å². The van der Waals surface area contributed by atoms with E-state index in [2.05, 4.69) is 10.0 Å². The fourth-order valence-electron chi connectivity index (χ4n) is 4.02. The van der Waals surface area contributed by atoms with Crippen molar-refractivity contribution in [2.45, 2.75) is 37.2 Å². The molecule has 0 saturated heterocycles. The second-order valence-electron chi connectivity index (χ2n) is 9.20. The average molecular weight is 513 g/mol. The molecule has 3 aromatic rings. The number of fused-ring (bicyclic) bond motifs is 1. The van der Waals surface area contributed by atoms with Crippen molar-refractivity contribution < 1.29 is 23.1 Å². The summed E-state index contributed by atoms with van der Waals surface area (Å²) in [4.78, 5) is 27.0. The number of nitrogens with one attached hydrogen (secondary N) is 2. The third-order valence-electron chi connectivity index (χ3n) is 5.89. The third-order valence-corrected chi connectivity index (χ3v) is 7.42. The maximum Gasteiger partial charge on any atom is 0.241 e. The van der Waals surface area contributed by atoms with Crippen LogP contribution in [0.1, 0.15) is 19.4 Å². The molecule has 2 unspecified atom stereocenters. The monoisotopic (exact) mass is 512 g/mol. The topological polar surface area (TPSA) is 142 Å². The molecule has 3 rings (SSSR count). The number of anilines is 1. The lowest BCUT2D eigenvalue weighted by molar-refractivity contribution is -0.129. The molecule has 2 atom stereocenters. The van der Waals surface area contributed by atoms with E-state index in [0.29, 0.717) is 10.9 Å². The zero-order valence-corrected chi connectivity index (χ0v) is 21.5. The lowest BCUT2D eigenvalue weighted by atomic mass is 10.0. The van der Waals surface area contributed by atoms with Crippen molar-refractivity contribution in [2.24, 2.45) is 11.7 Å². The Bertz CT molecular complexity index is 1350. The summed E-state index contributed by atoms with van der Waals surface area (Å²) in [6, 6.07) is 14.2. The van der Waals surface area contributed by atoms with Crippen LogP contribution in [-0.4, -0.2) is 51.5 Å². The molecule has 0 aromatic heterocycles. The lowest BCUT2D eigenvalue weighted by Gasteiger charge is -2.24. The van der Waals surface area contributed by atoms with E-state index >= 15 is 0 Å². The number of benzene rings is 3.